The molecule has 1 unspecified atom stereocenters. The molecule has 31 heavy (non-hydrogen) atoms. The van der Waals surface area contributed by atoms with Crippen LogP contribution in [0.1, 0.15) is 50.3 Å². The number of ether oxygens (including phenoxy) is 1. The summed E-state index contributed by atoms with van der Waals surface area (Å²) in [5.74, 6) is 1.34. The van der Waals surface area contributed by atoms with Crippen molar-refractivity contribution in [1.29, 1.82) is 0 Å². The van der Waals surface area contributed by atoms with Crippen molar-refractivity contribution in [2.45, 2.75) is 59.5 Å². The van der Waals surface area contributed by atoms with E-state index in [1.165, 1.54) is 5.56 Å². The molecular weight excluding hydrogens is 394 g/mol. The second-order valence-corrected chi connectivity index (χ2v) is 9.22. The Balaban J connectivity index is 1.50. The van der Waals surface area contributed by atoms with Gasteiger partial charge in [0.2, 0.25) is 5.91 Å². The molecule has 2 heterocycles. The predicted molar refractivity (Wildman–Crippen MR) is 118 cm³/mol. The van der Waals surface area contributed by atoms with E-state index in [2.05, 4.69) is 25.9 Å². The number of benzene rings is 1. The van der Waals surface area contributed by atoms with E-state index in [0.29, 0.717) is 37.7 Å². The zero-order chi connectivity index (χ0) is 22.8. The minimum atomic E-state index is -0.579. The lowest BCUT2D eigenvalue weighted by Gasteiger charge is -2.36. The third kappa shape index (κ3) is 5.46. The highest BCUT2D eigenvalue weighted by molar-refractivity contribution is 5.82. The Bertz CT molecular complexity index is 900. The van der Waals surface area contributed by atoms with Crippen LogP contribution < -0.4 is 4.74 Å². The van der Waals surface area contributed by atoms with Gasteiger partial charge in [-0.1, -0.05) is 38.1 Å². The van der Waals surface area contributed by atoms with Gasteiger partial charge in [-0.05, 0) is 43.9 Å². The van der Waals surface area contributed by atoms with E-state index < -0.39 is 6.10 Å². The molecule has 0 saturated carbocycles. The summed E-state index contributed by atoms with van der Waals surface area (Å²) in [4.78, 5) is 29.0. The van der Waals surface area contributed by atoms with Gasteiger partial charge in [0, 0.05) is 31.7 Å². The van der Waals surface area contributed by atoms with Crippen LogP contribution in [0.15, 0.2) is 28.8 Å². The topological polar surface area (TPSA) is 75.9 Å². The minimum absolute atomic E-state index is 0.0322. The van der Waals surface area contributed by atoms with E-state index in [-0.39, 0.29) is 23.7 Å². The van der Waals surface area contributed by atoms with Gasteiger partial charge < -0.3 is 19.1 Å². The lowest BCUT2D eigenvalue weighted by Crippen LogP contribution is -2.53. The fourth-order valence-electron chi connectivity index (χ4n) is 3.74. The smallest absolute Gasteiger partial charge is 0.263 e. The molecule has 1 fully saturated rings. The SMILES string of the molecule is Cc1noc(C)c1CC(=O)N1CCN(C(=O)C(C)Oc2ccc(C(C)(C)C)cc2)CC1. The number of aryl methyl sites for hydroxylation is 2. The average molecular weight is 428 g/mol. The lowest BCUT2D eigenvalue weighted by atomic mass is 9.87. The van der Waals surface area contributed by atoms with Gasteiger partial charge in [0.25, 0.3) is 5.91 Å². The Kier molecular flexibility index (Phi) is 6.72. The maximum atomic E-state index is 12.8. The molecule has 1 aliphatic rings. The van der Waals surface area contributed by atoms with Gasteiger partial charge in [-0.25, -0.2) is 0 Å². The summed E-state index contributed by atoms with van der Waals surface area (Å²) in [7, 11) is 0. The van der Waals surface area contributed by atoms with Gasteiger partial charge in [0.15, 0.2) is 6.10 Å². The summed E-state index contributed by atoms with van der Waals surface area (Å²) >= 11 is 0. The third-order valence-electron chi connectivity index (χ3n) is 5.83. The van der Waals surface area contributed by atoms with Crippen LogP contribution in [-0.4, -0.2) is 59.1 Å². The summed E-state index contributed by atoms with van der Waals surface area (Å²) in [6, 6.07) is 7.90. The lowest BCUT2D eigenvalue weighted by molar-refractivity contribution is -0.143. The first-order valence-corrected chi connectivity index (χ1v) is 10.8. The van der Waals surface area contributed by atoms with Gasteiger partial charge in [0.05, 0.1) is 12.1 Å². The van der Waals surface area contributed by atoms with Gasteiger partial charge in [0.1, 0.15) is 11.5 Å². The first-order chi connectivity index (χ1) is 14.6. The fraction of sp³-hybridized carbons (Fsp3) is 0.542. The normalized spacial score (nSPS) is 15.7. The van der Waals surface area contributed by atoms with Crippen molar-refractivity contribution in [3.8, 4) is 5.75 Å². The zero-order valence-electron chi connectivity index (χ0n) is 19.4. The van der Waals surface area contributed by atoms with E-state index in [4.69, 9.17) is 9.26 Å². The van der Waals surface area contributed by atoms with Crippen molar-refractivity contribution in [3.63, 3.8) is 0 Å². The number of carbonyl (C=O) groups excluding carboxylic acids is 2. The molecule has 1 aromatic heterocycles. The Labute approximate surface area is 184 Å². The van der Waals surface area contributed by atoms with E-state index in [0.717, 1.165) is 11.3 Å². The number of hydrogen-bond acceptors (Lipinski definition) is 5. The second kappa shape index (κ2) is 9.12. The van der Waals surface area contributed by atoms with E-state index in [1.54, 1.807) is 16.7 Å². The quantitative estimate of drug-likeness (QED) is 0.732. The summed E-state index contributed by atoms with van der Waals surface area (Å²) in [5.41, 5.74) is 2.89. The van der Waals surface area contributed by atoms with Crippen LogP contribution in [-0.2, 0) is 21.4 Å². The Hall–Kier alpha value is -2.83. The average Bonchev–Trinajstić information content (AvgIpc) is 3.05. The Morgan fingerprint density at radius 2 is 1.65 bits per heavy atom. The van der Waals surface area contributed by atoms with Gasteiger partial charge >= 0.3 is 0 Å². The summed E-state index contributed by atoms with van der Waals surface area (Å²) < 4.78 is 11.0. The number of piperazine rings is 1. The van der Waals surface area contributed by atoms with Crippen LogP contribution in [0.3, 0.4) is 0 Å². The molecule has 0 spiro atoms. The standard InChI is InChI=1S/C24H33N3O4/c1-16-21(17(2)31-25-16)15-22(28)26-11-13-27(14-12-26)23(29)18(3)30-20-9-7-19(8-10-20)24(4,5)6/h7-10,18H,11-15H2,1-6H3. The van der Waals surface area contributed by atoms with Gasteiger partial charge in [-0.3, -0.25) is 9.59 Å². The van der Waals surface area contributed by atoms with Crippen LogP contribution in [0, 0.1) is 13.8 Å². The van der Waals surface area contributed by atoms with Crippen molar-refractivity contribution in [2.24, 2.45) is 0 Å². The number of hydrogen-bond donors (Lipinski definition) is 0. The molecular formula is C24H33N3O4. The molecule has 0 bridgehead atoms. The van der Waals surface area contributed by atoms with Crippen molar-refractivity contribution in [3.05, 3.63) is 46.8 Å². The molecule has 1 aliphatic heterocycles. The van der Waals surface area contributed by atoms with Crippen LogP contribution in [0.4, 0.5) is 0 Å². The Morgan fingerprint density at radius 1 is 1.06 bits per heavy atom. The molecule has 0 N–H and O–H groups in total. The van der Waals surface area contributed by atoms with Crippen LogP contribution >= 0.6 is 0 Å². The zero-order valence-corrected chi connectivity index (χ0v) is 19.4. The molecule has 2 aromatic rings. The second-order valence-electron chi connectivity index (χ2n) is 9.22. The maximum Gasteiger partial charge on any atom is 0.263 e. The molecule has 3 rings (SSSR count). The Morgan fingerprint density at radius 3 is 2.16 bits per heavy atom. The van der Waals surface area contributed by atoms with Crippen molar-refractivity contribution in [2.75, 3.05) is 26.2 Å². The highest BCUT2D eigenvalue weighted by atomic mass is 16.5. The van der Waals surface area contributed by atoms with Crippen LogP contribution in [0.25, 0.3) is 0 Å². The molecule has 2 amide bonds. The summed E-state index contributed by atoms with van der Waals surface area (Å²) in [6.45, 7) is 13.9. The monoisotopic (exact) mass is 427 g/mol. The number of amides is 2. The van der Waals surface area contributed by atoms with Crippen molar-refractivity contribution in [1.82, 2.24) is 15.0 Å². The van der Waals surface area contributed by atoms with Crippen molar-refractivity contribution >= 4 is 11.8 Å². The maximum absolute atomic E-state index is 12.8. The van der Waals surface area contributed by atoms with E-state index >= 15 is 0 Å². The molecule has 1 atom stereocenters. The first-order valence-electron chi connectivity index (χ1n) is 10.8. The number of carbonyl (C=O) groups is 2. The molecule has 1 aromatic carbocycles. The van der Waals surface area contributed by atoms with Gasteiger partial charge in [-0.2, -0.15) is 0 Å². The predicted octanol–water partition coefficient (Wildman–Crippen LogP) is 3.27. The van der Waals surface area contributed by atoms with E-state index in [9.17, 15) is 9.59 Å². The molecule has 7 nitrogen and oxygen atoms in total. The molecule has 168 valence electrons. The molecule has 7 heteroatoms. The largest absolute Gasteiger partial charge is 0.481 e. The first kappa shape index (κ1) is 22.8. The molecule has 0 radical (unpaired) electrons. The summed E-state index contributed by atoms with van der Waals surface area (Å²) in [6.07, 6.45) is -0.302. The van der Waals surface area contributed by atoms with Gasteiger partial charge in [-0.15, -0.1) is 0 Å². The molecule has 0 aliphatic carbocycles. The minimum Gasteiger partial charge on any atom is -0.481 e. The molecule has 1 saturated heterocycles. The van der Waals surface area contributed by atoms with Crippen molar-refractivity contribution < 1.29 is 18.8 Å². The number of aromatic nitrogens is 1. The van der Waals surface area contributed by atoms with E-state index in [1.807, 2.05) is 38.1 Å². The third-order valence-corrected chi connectivity index (χ3v) is 5.83. The highest BCUT2D eigenvalue weighted by Gasteiger charge is 2.28. The highest BCUT2D eigenvalue weighted by Crippen LogP contribution is 2.25. The van der Waals surface area contributed by atoms with Crippen LogP contribution in [0.2, 0.25) is 0 Å². The van der Waals surface area contributed by atoms with Crippen LogP contribution in [0.5, 0.6) is 5.75 Å². The summed E-state index contributed by atoms with van der Waals surface area (Å²) in [5, 5.41) is 3.91. The fourth-order valence-corrected chi connectivity index (χ4v) is 3.74. The number of rotatable bonds is 5. The number of nitrogens with zero attached hydrogens (tertiary/aromatic N) is 3.